The lowest BCUT2D eigenvalue weighted by Gasteiger charge is -2.37. The van der Waals surface area contributed by atoms with Crippen molar-refractivity contribution in [2.45, 2.75) is 6.10 Å². The Bertz CT molecular complexity index is 944. The maximum atomic E-state index is 10.5. The Morgan fingerprint density at radius 2 is 1.48 bits per heavy atom. The molecule has 1 fully saturated rings. The van der Waals surface area contributed by atoms with Crippen LogP contribution in [-0.2, 0) is 0 Å². The molecule has 7 heteroatoms. The quantitative estimate of drug-likeness (QED) is 0.565. The van der Waals surface area contributed by atoms with E-state index in [9.17, 15) is 5.11 Å². The standard InChI is InChI=1S/C24H28N2O3.2ClH/c1-28-24-11-5-4-10-22(24)26-15-13-25(14-16-26)17-20(27)18-29-23-12-6-8-19-7-2-3-9-21(19)23;;/h2-12,20,27H,13-18H2,1H3;2*1H/t20-;;/m0../s1. The van der Waals surface area contributed by atoms with E-state index in [4.69, 9.17) is 9.47 Å². The highest BCUT2D eigenvalue weighted by Crippen LogP contribution is 2.28. The second-order valence-corrected chi connectivity index (χ2v) is 7.40. The zero-order valence-corrected chi connectivity index (χ0v) is 19.3. The van der Waals surface area contributed by atoms with Gasteiger partial charge in [-0.25, -0.2) is 0 Å². The van der Waals surface area contributed by atoms with E-state index >= 15 is 0 Å². The highest BCUT2D eigenvalue weighted by molar-refractivity contribution is 5.88. The fraction of sp³-hybridized carbons (Fsp3) is 0.333. The second kappa shape index (κ2) is 12.0. The van der Waals surface area contributed by atoms with Crippen molar-refractivity contribution >= 4 is 41.3 Å². The third-order valence-corrected chi connectivity index (χ3v) is 5.45. The van der Waals surface area contributed by atoms with Gasteiger partial charge in [0.2, 0.25) is 0 Å². The molecule has 0 amide bonds. The van der Waals surface area contributed by atoms with E-state index in [1.165, 1.54) is 0 Å². The zero-order valence-electron chi connectivity index (χ0n) is 17.6. The van der Waals surface area contributed by atoms with Crippen LogP contribution in [-0.4, -0.2) is 62.6 Å². The predicted molar refractivity (Wildman–Crippen MR) is 132 cm³/mol. The Kier molecular flexibility index (Phi) is 9.72. The number of piperazine rings is 1. The number of benzene rings is 3. The molecule has 31 heavy (non-hydrogen) atoms. The van der Waals surface area contributed by atoms with Crippen molar-refractivity contribution in [1.29, 1.82) is 0 Å². The first-order valence-corrected chi connectivity index (χ1v) is 10.1. The van der Waals surface area contributed by atoms with Crippen LogP contribution < -0.4 is 14.4 Å². The summed E-state index contributed by atoms with van der Waals surface area (Å²) in [6.45, 7) is 4.55. The van der Waals surface area contributed by atoms with E-state index in [2.05, 4.69) is 28.0 Å². The molecule has 0 unspecified atom stereocenters. The Morgan fingerprint density at radius 3 is 2.26 bits per heavy atom. The van der Waals surface area contributed by atoms with Crippen LogP contribution in [0, 0.1) is 0 Å². The molecule has 0 radical (unpaired) electrons. The Hall–Kier alpha value is -2.18. The van der Waals surface area contributed by atoms with Crippen LogP contribution in [0.5, 0.6) is 11.5 Å². The van der Waals surface area contributed by atoms with Gasteiger partial charge >= 0.3 is 0 Å². The minimum atomic E-state index is -0.522. The van der Waals surface area contributed by atoms with Gasteiger partial charge in [0.1, 0.15) is 24.2 Å². The fourth-order valence-electron chi connectivity index (χ4n) is 3.92. The number of halogens is 2. The summed E-state index contributed by atoms with van der Waals surface area (Å²) in [5, 5.41) is 12.7. The topological polar surface area (TPSA) is 45.2 Å². The number of ether oxygens (including phenoxy) is 2. The highest BCUT2D eigenvalue weighted by Gasteiger charge is 2.21. The van der Waals surface area contributed by atoms with E-state index < -0.39 is 6.10 Å². The van der Waals surface area contributed by atoms with Crippen molar-refractivity contribution in [2.24, 2.45) is 0 Å². The molecule has 1 aliphatic heterocycles. The number of aliphatic hydroxyl groups excluding tert-OH is 1. The van der Waals surface area contributed by atoms with Gasteiger partial charge in [0, 0.05) is 38.1 Å². The van der Waals surface area contributed by atoms with Crippen LogP contribution in [0.1, 0.15) is 0 Å². The SMILES string of the molecule is COc1ccccc1N1CCN(C[C@H](O)COc2cccc3ccccc23)CC1.Cl.Cl. The lowest BCUT2D eigenvalue weighted by atomic mass is 10.1. The van der Waals surface area contributed by atoms with Crippen molar-refractivity contribution in [3.63, 3.8) is 0 Å². The molecule has 1 aliphatic rings. The molecule has 4 rings (SSSR count). The molecule has 0 aromatic heterocycles. The van der Waals surface area contributed by atoms with Crippen molar-refractivity contribution < 1.29 is 14.6 Å². The van der Waals surface area contributed by atoms with Crippen LogP contribution in [0.25, 0.3) is 10.8 Å². The monoisotopic (exact) mass is 464 g/mol. The molecule has 1 heterocycles. The third kappa shape index (κ3) is 6.17. The van der Waals surface area contributed by atoms with Crippen molar-refractivity contribution in [3.8, 4) is 11.5 Å². The number of nitrogens with zero attached hydrogens (tertiary/aromatic N) is 2. The van der Waals surface area contributed by atoms with Gasteiger partial charge < -0.3 is 19.5 Å². The van der Waals surface area contributed by atoms with Crippen LogP contribution >= 0.6 is 24.8 Å². The smallest absolute Gasteiger partial charge is 0.142 e. The van der Waals surface area contributed by atoms with Crippen molar-refractivity contribution in [1.82, 2.24) is 4.90 Å². The van der Waals surface area contributed by atoms with E-state index in [0.29, 0.717) is 13.2 Å². The molecule has 1 atom stereocenters. The summed E-state index contributed by atoms with van der Waals surface area (Å²) in [7, 11) is 1.71. The minimum absolute atomic E-state index is 0. The largest absolute Gasteiger partial charge is 0.495 e. The van der Waals surface area contributed by atoms with E-state index in [1.807, 2.05) is 48.5 Å². The Balaban J connectivity index is 0.00000171. The van der Waals surface area contributed by atoms with Gasteiger partial charge in [-0.1, -0.05) is 48.5 Å². The number of methoxy groups -OCH3 is 1. The summed E-state index contributed by atoms with van der Waals surface area (Å²) in [5.74, 6) is 1.73. The normalized spacial score (nSPS) is 15.0. The first-order chi connectivity index (χ1) is 14.2. The third-order valence-electron chi connectivity index (χ3n) is 5.45. The van der Waals surface area contributed by atoms with Gasteiger partial charge in [-0.05, 0) is 23.6 Å². The van der Waals surface area contributed by atoms with Crippen LogP contribution in [0.4, 0.5) is 5.69 Å². The lowest BCUT2D eigenvalue weighted by Crippen LogP contribution is -2.49. The first-order valence-electron chi connectivity index (χ1n) is 10.1. The van der Waals surface area contributed by atoms with Crippen LogP contribution in [0.2, 0.25) is 0 Å². The van der Waals surface area contributed by atoms with Crippen molar-refractivity contribution in [2.75, 3.05) is 51.3 Å². The van der Waals surface area contributed by atoms with E-state index in [-0.39, 0.29) is 24.8 Å². The lowest BCUT2D eigenvalue weighted by molar-refractivity contribution is 0.0668. The zero-order chi connectivity index (χ0) is 20.1. The number of rotatable bonds is 7. The summed E-state index contributed by atoms with van der Waals surface area (Å²) >= 11 is 0. The molecule has 0 aliphatic carbocycles. The van der Waals surface area contributed by atoms with E-state index in [1.54, 1.807) is 7.11 Å². The van der Waals surface area contributed by atoms with Crippen LogP contribution in [0.15, 0.2) is 66.7 Å². The number of hydrogen-bond acceptors (Lipinski definition) is 5. The van der Waals surface area contributed by atoms with Gasteiger partial charge in [-0.3, -0.25) is 4.90 Å². The molecule has 168 valence electrons. The summed E-state index contributed by atoms with van der Waals surface area (Å²) in [5.41, 5.74) is 1.13. The molecule has 1 N–H and O–H groups in total. The molecule has 5 nitrogen and oxygen atoms in total. The average molecular weight is 465 g/mol. The number of para-hydroxylation sites is 2. The Morgan fingerprint density at radius 1 is 0.839 bits per heavy atom. The van der Waals surface area contributed by atoms with Gasteiger partial charge in [-0.15, -0.1) is 24.8 Å². The van der Waals surface area contributed by atoms with E-state index in [0.717, 1.165) is 54.1 Å². The average Bonchev–Trinajstić information content (AvgIpc) is 2.78. The molecule has 0 saturated carbocycles. The summed E-state index contributed by atoms with van der Waals surface area (Å²) in [4.78, 5) is 4.64. The van der Waals surface area contributed by atoms with Gasteiger partial charge in [-0.2, -0.15) is 0 Å². The molecule has 3 aromatic rings. The number of aliphatic hydroxyl groups is 1. The minimum Gasteiger partial charge on any atom is -0.495 e. The van der Waals surface area contributed by atoms with Gasteiger partial charge in [0.25, 0.3) is 0 Å². The van der Waals surface area contributed by atoms with Crippen LogP contribution in [0.3, 0.4) is 0 Å². The molecule has 3 aromatic carbocycles. The summed E-state index contributed by atoms with van der Waals surface area (Å²) in [6.07, 6.45) is -0.522. The highest BCUT2D eigenvalue weighted by atomic mass is 35.5. The number of hydrogen-bond donors (Lipinski definition) is 1. The van der Waals surface area contributed by atoms with Gasteiger partial charge in [0.15, 0.2) is 0 Å². The number of β-amino-alcohol motifs (C(OH)–C–C–N with tert-alkyl or cyclic N) is 1. The summed E-state index contributed by atoms with van der Waals surface area (Å²) < 4.78 is 11.4. The van der Waals surface area contributed by atoms with Gasteiger partial charge in [0.05, 0.1) is 12.8 Å². The number of anilines is 1. The molecule has 0 spiro atoms. The maximum Gasteiger partial charge on any atom is 0.142 e. The molecular weight excluding hydrogens is 435 g/mol. The number of fused-ring (bicyclic) bond motifs is 1. The molecule has 0 bridgehead atoms. The Labute approximate surface area is 196 Å². The predicted octanol–water partition coefficient (Wildman–Crippen LogP) is 4.25. The second-order valence-electron chi connectivity index (χ2n) is 7.40. The fourth-order valence-corrected chi connectivity index (χ4v) is 3.92. The summed E-state index contributed by atoms with van der Waals surface area (Å²) in [6, 6.07) is 22.3. The molecular formula is C24H30Cl2N2O3. The first kappa shape index (κ1) is 25.1. The molecule has 1 saturated heterocycles. The van der Waals surface area contributed by atoms with Crippen molar-refractivity contribution in [3.05, 3.63) is 66.7 Å². The maximum absolute atomic E-state index is 10.5.